The van der Waals surface area contributed by atoms with Gasteiger partial charge in [0.1, 0.15) is 6.10 Å². The molecule has 2 rings (SSSR count). The first-order valence-electron chi connectivity index (χ1n) is 7.00. The smallest absolute Gasteiger partial charge is 0.251 e. The molecule has 1 atom stereocenters. The van der Waals surface area contributed by atoms with E-state index in [9.17, 15) is 4.79 Å². The molecule has 0 spiro atoms. The molecular weight excluding hydrogens is 228 g/mol. The maximum absolute atomic E-state index is 11.9. The van der Waals surface area contributed by atoms with Gasteiger partial charge in [0.25, 0.3) is 5.91 Å². The number of carbonyl (C=O) groups excluding carboxylic acids is 1. The fourth-order valence-corrected chi connectivity index (χ4v) is 2.95. The van der Waals surface area contributed by atoms with Crippen LogP contribution in [0.25, 0.3) is 0 Å². The highest BCUT2D eigenvalue weighted by Gasteiger charge is 2.42. The summed E-state index contributed by atoms with van der Waals surface area (Å²) >= 11 is 0. The molecule has 0 aromatic carbocycles. The van der Waals surface area contributed by atoms with Gasteiger partial charge in [0.05, 0.1) is 5.60 Å². The topological polar surface area (TPSA) is 55.6 Å². The second-order valence-electron chi connectivity index (χ2n) is 6.71. The van der Waals surface area contributed by atoms with Crippen molar-refractivity contribution in [1.29, 1.82) is 0 Å². The lowest BCUT2D eigenvalue weighted by molar-refractivity contribution is -0.154. The van der Waals surface area contributed by atoms with Gasteiger partial charge in [-0.2, -0.15) is 0 Å². The van der Waals surface area contributed by atoms with Crippen molar-refractivity contribution in [1.82, 2.24) is 4.90 Å². The van der Waals surface area contributed by atoms with Crippen molar-refractivity contribution in [3.05, 3.63) is 0 Å². The zero-order valence-electron chi connectivity index (χ0n) is 11.9. The molecule has 1 saturated heterocycles. The highest BCUT2D eigenvalue weighted by atomic mass is 16.5. The van der Waals surface area contributed by atoms with E-state index in [0.717, 1.165) is 38.6 Å². The lowest BCUT2D eigenvalue weighted by Crippen LogP contribution is -2.49. The minimum absolute atomic E-state index is 0.118. The van der Waals surface area contributed by atoms with E-state index in [1.165, 1.54) is 0 Å². The minimum Gasteiger partial charge on any atom is -0.361 e. The van der Waals surface area contributed by atoms with E-state index in [-0.39, 0.29) is 17.6 Å². The first-order valence-corrected chi connectivity index (χ1v) is 7.00. The maximum atomic E-state index is 11.9. The van der Waals surface area contributed by atoms with Crippen LogP contribution in [0.4, 0.5) is 0 Å². The standard InChI is InChI=1S/C14H26N2O2/c1-13(2)5-7-14(10-15,8-6-13)18-11-4-9-16(3)12(11)17/h11H,4-10,15H2,1-3H3. The number of nitrogens with zero attached hydrogens (tertiary/aromatic N) is 1. The Kier molecular flexibility index (Phi) is 3.70. The van der Waals surface area contributed by atoms with Crippen LogP contribution in [0, 0.1) is 5.41 Å². The Morgan fingerprint density at radius 3 is 2.39 bits per heavy atom. The quantitative estimate of drug-likeness (QED) is 0.831. The van der Waals surface area contributed by atoms with Gasteiger partial charge >= 0.3 is 0 Å². The summed E-state index contributed by atoms with van der Waals surface area (Å²) in [6, 6.07) is 0. The van der Waals surface area contributed by atoms with Gasteiger partial charge in [-0.05, 0) is 31.1 Å². The summed E-state index contributed by atoms with van der Waals surface area (Å²) in [5, 5.41) is 0. The molecule has 0 bridgehead atoms. The Bertz CT molecular complexity index is 318. The van der Waals surface area contributed by atoms with Crippen LogP contribution in [0.5, 0.6) is 0 Å². The molecule has 4 heteroatoms. The van der Waals surface area contributed by atoms with Crippen LogP contribution >= 0.6 is 0 Å². The van der Waals surface area contributed by atoms with Crippen LogP contribution < -0.4 is 5.73 Å². The summed E-state index contributed by atoms with van der Waals surface area (Å²) in [6.07, 6.45) is 4.75. The number of hydrogen-bond donors (Lipinski definition) is 1. The van der Waals surface area contributed by atoms with E-state index in [1.807, 2.05) is 7.05 Å². The number of carbonyl (C=O) groups is 1. The molecule has 2 fully saturated rings. The van der Waals surface area contributed by atoms with E-state index in [4.69, 9.17) is 10.5 Å². The Morgan fingerprint density at radius 1 is 1.33 bits per heavy atom. The number of rotatable bonds is 3. The van der Waals surface area contributed by atoms with E-state index in [0.29, 0.717) is 12.0 Å². The Balaban J connectivity index is 2.00. The summed E-state index contributed by atoms with van der Waals surface area (Å²) in [5.74, 6) is 0.118. The zero-order valence-corrected chi connectivity index (χ0v) is 11.9. The SMILES string of the molecule is CN1CCC(OC2(CN)CCC(C)(C)CC2)C1=O. The predicted octanol–water partition coefficient (Wildman–Crippen LogP) is 1.53. The average Bonchev–Trinajstić information content (AvgIpc) is 2.64. The second-order valence-corrected chi connectivity index (χ2v) is 6.71. The third-order valence-electron chi connectivity index (χ3n) is 4.66. The van der Waals surface area contributed by atoms with Crippen LogP contribution in [0.1, 0.15) is 46.0 Å². The fraction of sp³-hybridized carbons (Fsp3) is 0.929. The monoisotopic (exact) mass is 254 g/mol. The van der Waals surface area contributed by atoms with Crippen molar-refractivity contribution < 1.29 is 9.53 Å². The van der Waals surface area contributed by atoms with Crippen LogP contribution in [-0.4, -0.2) is 42.6 Å². The van der Waals surface area contributed by atoms with Crippen molar-refractivity contribution in [2.24, 2.45) is 11.1 Å². The molecule has 0 aromatic heterocycles. The van der Waals surface area contributed by atoms with Crippen molar-refractivity contribution in [3.63, 3.8) is 0 Å². The Labute approximate surface area is 110 Å². The molecule has 18 heavy (non-hydrogen) atoms. The van der Waals surface area contributed by atoms with Crippen LogP contribution in [0.2, 0.25) is 0 Å². The van der Waals surface area contributed by atoms with Gasteiger partial charge in [-0.1, -0.05) is 13.8 Å². The van der Waals surface area contributed by atoms with Crippen molar-refractivity contribution in [3.8, 4) is 0 Å². The van der Waals surface area contributed by atoms with Crippen LogP contribution in [0.15, 0.2) is 0 Å². The molecule has 1 aliphatic heterocycles. The summed E-state index contributed by atoms with van der Waals surface area (Å²) in [4.78, 5) is 13.7. The van der Waals surface area contributed by atoms with Gasteiger partial charge in [-0.25, -0.2) is 0 Å². The third-order valence-corrected chi connectivity index (χ3v) is 4.66. The molecule has 1 heterocycles. The van der Waals surface area contributed by atoms with E-state index < -0.39 is 0 Å². The molecule has 1 aliphatic carbocycles. The lowest BCUT2D eigenvalue weighted by atomic mass is 9.71. The zero-order chi connectivity index (χ0) is 13.4. The van der Waals surface area contributed by atoms with Gasteiger partial charge in [0.15, 0.2) is 0 Å². The number of hydrogen-bond acceptors (Lipinski definition) is 3. The molecule has 0 aromatic rings. The predicted molar refractivity (Wildman–Crippen MR) is 71.2 cm³/mol. The largest absolute Gasteiger partial charge is 0.361 e. The van der Waals surface area contributed by atoms with Gasteiger partial charge in [0.2, 0.25) is 0 Å². The average molecular weight is 254 g/mol. The third kappa shape index (κ3) is 2.69. The van der Waals surface area contributed by atoms with Gasteiger partial charge < -0.3 is 15.4 Å². The summed E-state index contributed by atoms with van der Waals surface area (Å²) in [6.45, 7) is 5.91. The molecule has 1 unspecified atom stereocenters. The fourth-order valence-electron chi connectivity index (χ4n) is 2.95. The number of ether oxygens (including phenoxy) is 1. The first-order chi connectivity index (χ1) is 8.37. The van der Waals surface area contributed by atoms with Crippen molar-refractivity contribution >= 4 is 5.91 Å². The highest BCUT2D eigenvalue weighted by molar-refractivity contribution is 5.82. The number of amides is 1. The number of nitrogens with two attached hydrogens (primary N) is 1. The first kappa shape index (κ1) is 13.8. The molecular formula is C14H26N2O2. The molecule has 2 N–H and O–H groups in total. The molecule has 4 nitrogen and oxygen atoms in total. The molecule has 1 amide bonds. The maximum Gasteiger partial charge on any atom is 0.251 e. The van der Waals surface area contributed by atoms with Gasteiger partial charge in [-0.3, -0.25) is 4.79 Å². The molecule has 1 saturated carbocycles. The van der Waals surface area contributed by atoms with Crippen LogP contribution in [0.3, 0.4) is 0 Å². The van der Waals surface area contributed by atoms with Crippen molar-refractivity contribution in [2.75, 3.05) is 20.1 Å². The summed E-state index contributed by atoms with van der Waals surface area (Å²) < 4.78 is 6.15. The highest BCUT2D eigenvalue weighted by Crippen LogP contribution is 2.42. The molecule has 0 radical (unpaired) electrons. The second kappa shape index (κ2) is 4.82. The van der Waals surface area contributed by atoms with Gasteiger partial charge in [0, 0.05) is 26.6 Å². The Hall–Kier alpha value is -0.610. The minimum atomic E-state index is -0.264. The molecule has 2 aliphatic rings. The van der Waals surface area contributed by atoms with E-state index in [2.05, 4.69) is 13.8 Å². The van der Waals surface area contributed by atoms with Gasteiger partial charge in [-0.15, -0.1) is 0 Å². The lowest BCUT2D eigenvalue weighted by Gasteiger charge is -2.43. The van der Waals surface area contributed by atoms with E-state index >= 15 is 0 Å². The Morgan fingerprint density at radius 2 is 1.94 bits per heavy atom. The van der Waals surface area contributed by atoms with Crippen LogP contribution in [-0.2, 0) is 9.53 Å². The summed E-state index contributed by atoms with van der Waals surface area (Å²) in [7, 11) is 1.84. The molecule has 104 valence electrons. The summed E-state index contributed by atoms with van der Waals surface area (Å²) in [5.41, 5.74) is 6.06. The number of likely N-dealkylation sites (N-methyl/N-ethyl adjacent to an activating group) is 1. The van der Waals surface area contributed by atoms with E-state index in [1.54, 1.807) is 4.90 Å². The normalized spacial score (nSPS) is 30.8. The number of likely N-dealkylation sites (tertiary alicyclic amines) is 1. The van der Waals surface area contributed by atoms with Crippen molar-refractivity contribution in [2.45, 2.75) is 57.7 Å².